The Morgan fingerprint density at radius 3 is 2.67 bits per heavy atom. The first-order chi connectivity index (χ1) is 15.8. The summed E-state index contributed by atoms with van der Waals surface area (Å²) >= 11 is 7.35. The van der Waals surface area contributed by atoms with Crippen LogP contribution in [0.25, 0.3) is 16.6 Å². The lowest BCUT2D eigenvalue weighted by Gasteiger charge is -2.32. The van der Waals surface area contributed by atoms with Crippen molar-refractivity contribution >= 4 is 40.2 Å². The predicted octanol–water partition coefficient (Wildman–Crippen LogP) is 5.17. The molecule has 3 aromatic rings. The summed E-state index contributed by atoms with van der Waals surface area (Å²) in [7, 11) is 0. The van der Waals surface area contributed by atoms with E-state index in [1.807, 2.05) is 31.2 Å². The van der Waals surface area contributed by atoms with Crippen molar-refractivity contribution < 1.29 is 4.79 Å². The van der Waals surface area contributed by atoms with Crippen LogP contribution >= 0.6 is 23.4 Å². The van der Waals surface area contributed by atoms with Crippen molar-refractivity contribution in [2.75, 3.05) is 0 Å². The van der Waals surface area contributed by atoms with E-state index in [0.29, 0.717) is 39.6 Å². The van der Waals surface area contributed by atoms with Gasteiger partial charge in [0.15, 0.2) is 5.16 Å². The predicted molar refractivity (Wildman–Crippen MR) is 132 cm³/mol. The van der Waals surface area contributed by atoms with E-state index in [9.17, 15) is 14.9 Å². The minimum absolute atomic E-state index is 0.221. The number of hydrogen-bond acceptors (Lipinski definition) is 5. The molecule has 33 heavy (non-hydrogen) atoms. The molecule has 1 unspecified atom stereocenters. The van der Waals surface area contributed by atoms with Gasteiger partial charge >= 0.3 is 0 Å². The number of aryl methyl sites for hydroxylation is 1. The Labute approximate surface area is 202 Å². The van der Waals surface area contributed by atoms with E-state index in [1.54, 1.807) is 29.7 Å². The molecule has 1 aliphatic carbocycles. The van der Waals surface area contributed by atoms with Crippen LogP contribution in [-0.4, -0.2) is 26.2 Å². The number of carbonyl (C=O) groups is 1. The van der Waals surface area contributed by atoms with E-state index in [1.165, 1.54) is 11.8 Å². The van der Waals surface area contributed by atoms with Crippen molar-refractivity contribution in [1.82, 2.24) is 14.9 Å². The summed E-state index contributed by atoms with van der Waals surface area (Å²) in [5, 5.41) is 13.5. The maximum absolute atomic E-state index is 13.5. The summed E-state index contributed by atoms with van der Waals surface area (Å²) in [5.41, 5.74) is 1.07. The van der Waals surface area contributed by atoms with E-state index in [4.69, 9.17) is 16.6 Å². The van der Waals surface area contributed by atoms with Gasteiger partial charge in [0.05, 0.1) is 27.9 Å². The van der Waals surface area contributed by atoms with Crippen LogP contribution in [-0.2, 0) is 4.79 Å². The minimum atomic E-state index is -0.815. The van der Waals surface area contributed by atoms with Gasteiger partial charge in [-0.05, 0) is 56.5 Å². The van der Waals surface area contributed by atoms with Gasteiger partial charge < -0.3 is 5.32 Å². The number of carbonyl (C=O) groups excluding carboxylic acids is 1. The minimum Gasteiger partial charge on any atom is -0.337 e. The van der Waals surface area contributed by atoms with Gasteiger partial charge in [-0.1, -0.05) is 60.8 Å². The van der Waals surface area contributed by atoms with E-state index in [0.717, 1.165) is 24.8 Å². The lowest BCUT2D eigenvalue weighted by Crippen LogP contribution is -2.51. The third kappa shape index (κ3) is 4.78. The van der Waals surface area contributed by atoms with Crippen LogP contribution in [0.3, 0.4) is 0 Å². The van der Waals surface area contributed by atoms with Crippen LogP contribution in [0.1, 0.15) is 44.6 Å². The number of aromatic nitrogens is 2. The molecule has 0 bridgehead atoms. The Bertz CT molecular complexity index is 1310. The Kier molecular flexibility index (Phi) is 6.78. The third-order valence-electron chi connectivity index (χ3n) is 6.09. The van der Waals surface area contributed by atoms with Crippen LogP contribution in [0.5, 0.6) is 0 Å². The molecular formula is C25H25ClN4O2S. The molecule has 1 aromatic heterocycles. The summed E-state index contributed by atoms with van der Waals surface area (Å²) in [4.78, 5) is 31.3. The van der Waals surface area contributed by atoms with E-state index >= 15 is 0 Å². The molecule has 6 nitrogen and oxygen atoms in total. The first-order valence-corrected chi connectivity index (χ1v) is 12.3. The van der Waals surface area contributed by atoms with E-state index in [-0.39, 0.29) is 11.5 Å². The van der Waals surface area contributed by atoms with Crippen LogP contribution in [0.2, 0.25) is 5.02 Å². The lowest BCUT2D eigenvalue weighted by atomic mass is 9.83. The quantitative estimate of drug-likeness (QED) is 0.402. The molecule has 1 N–H and O–H groups in total. The van der Waals surface area contributed by atoms with Gasteiger partial charge in [-0.15, -0.1) is 0 Å². The molecule has 0 spiro atoms. The molecule has 170 valence electrons. The second kappa shape index (κ2) is 9.58. The molecule has 1 aliphatic rings. The van der Waals surface area contributed by atoms with Crippen LogP contribution in [0, 0.1) is 18.3 Å². The number of nitriles is 1. The fraction of sp³-hybridized carbons (Fsp3) is 0.360. The molecule has 0 saturated heterocycles. The first-order valence-electron chi connectivity index (χ1n) is 11.0. The maximum atomic E-state index is 13.5. The number of benzene rings is 2. The number of para-hydroxylation sites is 1. The zero-order valence-electron chi connectivity index (χ0n) is 18.6. The van der Waals surface area contributed by atoms with Gasteiger partial charge in [-0.3, -0.25) is 14.2 Å². The Hall–Kier alpha value is -2.82. The topological polar surface area (TPSA) is 87.8 Å². The average molecular weight is 481 g/mol. The zero-order chi connectivity index (χ0) is 23.6. The van der Waals surface area contributed by atoms with Crippen molar-refractivity contribution in [3.63, 3.8) is 0 Å². The molecule has 1 heterocycles. The standard InChI is InChI=1S/C25H25ClN4O2S/c1-16-8-4-5-9-21(16)30-23(32)19-11-10-18(26)14-20(19)28-24(30)33-17(2)22(31)29-25(15-27)12-6-3-7-13-25/h4-5,8-11,14,17H,3,6-7,12-13H2,1-2H3,(H,29,31). The fourth-order valence-electron chi connectivity index (χ4n) is 4.21. The van der Waals surface area contributed by atoms with E-state index < -0.39 is 10.8 Å². The summed E-state index contributed by atoms with van der Waals surface area (Å²) in [6.07, 6.45) is 4.25. The first kappa shape index (κ1) is 23.3. The Morgan fingerprint density at radius 1 is 1.24 bits per heavy atom. The maximum Gasteiger partial charge on any atom is 0.266 e. The number of nitrogens with zero attached hydrogens (tertiary/aromatic N) is 3. The number of thioether (sulfide) groups is 1. The summed E-state index contributed by atoms with van der Waals surface area (Å²) in [6, 6.07) is 14.9. The number of rotatable bonds is 5. The van der Waals surface area contributed by atoms with Crippen LogP contribution < -0.4 is 10.9 Å². The lowest BCUT2D eigenvalue weighted by molar-refractivity contribution is -0.121. The largest absolute Gasteiger partial charge is 0.337 e. The monoisotopic (exact) mass is 480 g/mol. The second-order valence-electron chi connectivity index (χ2n) is 8.49. The molecule has 8 heteroatoms. The highest BCUT2D eigenvalue weighted by atomic mass is 35.5. The highest BCUT2D eigenvalue weighted by molar-refractivity contribution is 8.00. The molecule has 4 rings (SSSR count). The molecular weight excluding hydrogens is 456 g/mol. The van der Waals surface area contributed by atoms with Gasteiger partial charge in [0.1, 0.15) is 5.54 Å². The van der Waals surface area contributed by atoms with Gasteiger partial charge in [-0.25, -0.2) is 4.98 Å². The zero-order valence-corrected chi connectivity index (χ0v) is 20.2. The molecule has 1 amide bonds. The fourth-order valence-corrected chi connectivity index (χ4v) is 5.30. The van der Waals surface area contributed by atoms with E-state index in [2.05, 4.69) is 11.4 Å². The molecule has 0 aliphatic heterocycles. The van der Waals surface area contributed by atoms with Gasteiger partial charge in [0, 0.05) is 5.02 Å². The SMILES string of the molecule is Cc1ccccc1-n1c(SC(C)C(=O)NC2(C#N)CCCCC2)nc2cc(Cl)ccc2c1=O. The van der Waals surface area contributed by atoms with Crippen molar-refractivity contribution in [2.45, 2.75) is 61.9 Å². The Morgan fingerprint density at radius 2 is 1.97 bits per heavy atom. The van der Waals surface area contributed by atoms with Gasteiger partial charge in [0.2, 0.25) is 5.91 Å². The smallest absolute Gasteiger partial charge is 0.266 e. The highest BCUT2D eigenvalue weighted by Gasteiger charge is 2.35. The normalized spacial score (nSPS) is 16.2. The highest BCUT2D eigenvalue weighted by Crippen LogP contribution is 2.30. The summed E-state index contributed by atoms with van der Waals surface area (Å²) in [5.74, 6) is -0.236. The van der Waals surface area contributed by atoms with Crippen molar-refractivity contribution in [2.24, 2.45) is 0 Å². The molecule has 1 saturated carbocycles. The van der Waals surface area contributed by atoms with Crippen LogP contribution in [0.15, 0.2) is 52.4 Å². The summed E-state index contributed by atoms with van der Waals surface area (Å²) < 4.78 is 1.56. The molecule has 1 atom stereocenters. The Balaban J connectivity index is 1.74. The number of hydrogen-bond donors (Lipinski definition) is 1. The third-order valence-corrected chi connectivity index (χ3v) is 7.38. The number of amides is 1. The van der Waals surface area contributed by atoms with Crippen molar-refractivity contribution in [1.29, 1.82) is 5.26 Å². The molecule has 0 radical (unpaired) electrons. The molecule has 1 fully saturated rings. The van der Waals surface area contributed by atoms with Gasteiger partial charge in [-0.2, -0.15) is 5.26 Å². The van der Waals surface area contributed by atoms with Crippen molar-refractivity contribution in [3.05, 3.63) is 63.4 Å². The number of fused-ring (bicyclic) bond motifs is 1. The second-order valence-corrected chi connectivity index (χ2v) is 10.2. The number of nitrogens with one attached hydrogen (secondary N) is 1. The number of halogens is 1. The van der Waals surface area contributed by atoms with Gasteiger partial charge in [0.25, 0.3) is 5.56 Å². The molecule has 2 aromatic carbocycles. The van der Waals surface area contributed by atoms with Crippen LogP contribution in [0.4, 0.5) is 0 Å². The average Bonchev–Trinajstić information content (AvgIpc) is 2.80. The van der Waals surface area contributed by atoms with Crippen molar-refractivity contribution in [3.8, 4) is 11.8 Å². The summed E-state index contributed by atoms with van der Waals surface area (Å²) in [6.45, 7) is 3.70.